The number of urea groups is 1. The second-order valence-electron chi connectivity index (χ2n) is 5.96. The van der Waals surface area contributed by atoms with Gasteiger partial charge >= 0.3 is 12.0 Å². The van der Waals surface area contributed by atoms with E-state index in [-0.39, 0.29) is 0 Å². The molecule has 0 spiro atoms. The van der Waals surface area contributed by atoms with Gasteiger partial charge in [-0.1, -0.05) is 29.8 Å². The molecule has 0 saturated carbocycles. The van der Waals surface area contributed by atoms with E-state index >= 15 is 0 Å². The van der Waals surface area contributed by atoms with Crippen molar-refractivity contribution in [2.45, 2.75) is 24.5 Å². The third kappa shape index (κ3) is 6.45. The molecule has 0 bridgehead atoms. The van der Waals surface area contributed by atoms with Gasteiger partial charge in [-0.05, 0) is 43.2 Å². The highest BCUT2D eigenvalue weighted by atomic mass is 32.2. The van der Waals surface area contributed by atoms with Crippen molar-refractivity contribution in [3.05, 3.63) is 64.7 Å². The molecule has 6 nitrogen and oxygen atoms in total. The van der Waals surface area contributed by atoms with E-state index in [0.717, 1.165) is 5.56 Å². The Bertz CT molecular complexity index is 852. The summed E-state index contributed by atoms with van der Waals surface area (Å²) in [6.07, 6.45) is 0. The lowest BCUT2D eigenvalue weighted by molar-refractivity contribution is -0.123. The predicted octanol–water partition coefficient (Wildman–Crippen LogP) is 3.21. The first kappa shape index (κ1) is 20.5. The van der Waals surface area contributed by atoms with Gasteiger partial charge in [0.25, 0.3) is 5.91 Å². The molecule has 0 aliphatic carbocycles. The van der Waals surface area contributed by atoms with E-state index in [4.69, 9.17) is 4.74 Å². The zero-order chi connectivity index (χ0) is 19.8. The molecule has 3 amide bonds. The number of hydrogen-bond donors (Lipinski definition) is 2. The number of carbonyl (C=O) groups is 3. The first-order valence-electron chi connectivity index (χ1n) is 8.36. The maximum absolute atomic E-state index is 12.1. The van der Waals surface area contributed by atoms with Crippen LogP contribution >= 0.6 is 11.8 Å². The molecule has 7 heteroatoms. The van der Waals surface area contributed by atoms with Gasteiger partial charge in [-0.3, -0.25) is 10.1 Å². The SMILES string of the molecule is CNC(=O)NC(=O)COC(=O)c1cccc(CSc2ccc(C)cc2C)c1. The second kappa shape index (κ2) is 9.78. The minimum atomic E-state index is -0.691. The van der Waals surface area contributed by atoms with E-state index in [1.165, 1.54) is 23.1 Å². The Morgan fingerprint density at radius 3 is 2.56 bits per heavy atom. The summed E-state index contributed by atoms with van der Waals surface area (Å²) in [5, 5.41) is 4.27. The third-order valence-corrected chi connectivity index (χ3v) is 4.95. The number of ether oxygens (including phenoxy) is 1. The first-order valence-corrected chi connectivity index (χ1v) is 9.35. The van der Waals surface area contributed by atoms with E-state index in [1.807, 2.05) is 11.4 Å². The number of carbonyl (C=O) groups excluding carboxylic acids is 3. The van der Waals surface area contributed by atoms with Gasteiger partial charge in [0.2, 0.25) is 0 Å². The molecule has 0 heterocycles. The summed E-state index contributed by atoms with van der Waals surface area (Å²) < 4.78 is 4.95. The number of thioether (sulfide) groups is 1. The second-order valence-corrected chi connectivity index (χ2v) is 6.98. The van der Waals surface area contributed by atoms with Crippen molar-refractivity contribution in [3.8, 4) is 0 Å². The molecule has 2 rings (SSSR count). The Morgan fingerprint density at radius 1 is 1.07 bits per heavy atom. The molecule has 0 unspecified atom stereocenters. The maximum Gasteiger partial charge on any atom is 0.338 e. The molecule has 0 aromatic heterocycles. The van der Waals surface area contributed by atoms with E-state index in [2.05, 4.69) is 37.4 Å². The lowest BCUT2D eigenvalue weighted by Crippen LogP contribution is -2.39. The third-order valence-electron chi connectivity index (χ3n) is 3.70. The Labute approximate surface area is 162 Å². The summed E-state index contributed by atoms with van der Waals surface area (Å²) in [6.45, 7) is 3.62. The highest BCUT2D eigenvalue weighted by molar-refractivity contribution is 7.98. The van der Waals surface area contributed by atoms with Gasteiger partial charge in [-0.15, -0.1) is 11.8 Å². The normalized spacial score (nSPS) is 10.2. The van der Waals surface area contributed by atoms with Crippen LogP contribution < -0.4 is 10.6 Å². The van der Waals surface area contributed by atoms with Crippen LogP contribution in [0.5, 0.6) is 0 Å². The van der Waals surface area contributed by atoms with Crippen molar-refractivity contribution in [1.82, 2.24) is 10.6 Å². The lowest BCUT2D eigenvalue weighted by Gasteiger charge is -2.08. The van der Waals surface area contributed by atoms with E-state index in [9.17, 15) is 14.4 Å². The van der Waals surface area contributed by atoms with Gasteiger partial charge in [0, 0.05) is 17.7 Å². The van der Waals surface area contributed by atoms with Crippen LogP contribution in [0.3, 0.4) is 0 Å². The van der Waals surface area contributed by atoms with E-state index in [1.54, 1.807) is 30.0 Å². The molecular formula is C20H22N2O4S. The summed E-state index contributed by atoms with van der Waals surface area (Å²) in [5.74, 6) is -0.591. The quantitative estimate of drug-likeness (QED) is 0.588. The van der Waals surface area contributed by atoms with Gasteiger partial charge < -0.3 is 10.1 Å². The van der Waals surface area contributed by atoms with Crippen molar-refractivity contribution < 1.29 is 19.1 Å². The highest BCUT2D eigenvalue weighted by Crippen LogP contribution is 2.27. The number of benzene rings is 2. The van der Waals surface area contributed by atoms with Crippen LogP contribution in [0, 0.1) is 13.8 Å². The van der Waals surface area contributed by atoms with Crippen molar-refractivity contribution in [3.63, 3.8) is 0 Å². The molecule has 0 radical (unpaired) electrons. The van der Waals surface area contributed by atoms with Gasteiger partial charge in [0.15, 0.2) is 6.61 Å². The van der Waals surface area contributed by atoms with Gasteiger partial charge in [-0.25, -0.2) is 9.59 Å². The molecule has 2 N–H and O–H groups in total. The predicted molar refractivity (Wildman–Crippen MR) is 105 cm³/mol. The van der Waals surface area contributed by atoms with Gasteiger partial charge in [0.05, 0.1) is 5.56 Å². The topological polar surface area (TPSA) is 84.5 Å². The zero-order valence-corrected chi connectivity index (χ0v) is 16.3. The molecule has 0 aliphatic heterocycles. The van der Waals surface area contributed by atoms with Crippen LogP contribution in [-0.2, 0) is 15.3 Å². The molecule has 0 atom stereocenters. The Morgan fingerprint density at radius 2 is 1.85 bits per heavy atom. The molecule has 2 aromatic carbocycles. The van der Waals surface area contributed by atoms with Gasteiger partial charge in [-0.2, -0.15) is 0 Å². The van der Waals surface area contributed by atoms with E-state index < -0.39 is 24.5 Å². The highest BCUT2D eigenvalue weighted by Gasteiger charge is 2.12. The summed E-state index contributed by atoms with van der Waals surface area (Å²) in [6, 6.07) is 12.7. The molecule has 2 aromatic rings. The van der Waals surface area contributed by atoms with Crippen LogP contribution in [0.15, 0.2) is 47.4 Å². The van der Waals surface area contributed by atoms with E-state index in [0.29, 0.717) is 11.3 Å². The summed E-state index contributed by atoms with van der Waals surface area (Å²) in [7, 11) is 1.39. The molecule has 0 fully saturated rings. The van der Waals surface area contributed by atoms with Crippen LogP contribution in [-0.4, -0.2) is 31.6 Å². The van der Waals surface area contributed by atoms with Crippen molar-refractivity contribution in [1.29, 1.82) is 0 Å². The molecule has 142 valence electrons. The Hall–Kier alpha value is -2.80. The first-order chi connectivity index (χ1) is 12.9. The number of amides is 3. The van der Waals surface area contributed by atoms with Crippen molar-refractivity contribution in [2.24, 2.45) is 0 Å². The van der Waals surface area contributed by atoms with Crippen LogP contribution in [0.25, 0.3) is 0 Å². The van der Waals surface area contributed by atoms with Crippen molar-refractivity contribution >= 4 is 29.7 Å². The molecule has 0 saturated heterocycles. The number of esters is 1. The van der Waals surface area contributed by atoms with Crippen LogP contribution in [0.1, 0.15) is 27.0 Å². The number of rotatable bonds is 6. The Balaban J connectivity index is 1.93. The average molecular weight is 386 g/mol. The minimum Gasteiger partial charge on any atom is -0.452 e. The minimum absolute atomic E-state index is 0.362. The summed E-state index contributed by atoms with van der Waals surface area (Å²) in [4.78, 5) is 35.8. The smallest absolute Gasteiger partial charge is 0.338 e. The fourth-order valence-electron chi connectivity index (χ4n) is 2.35. The standard InChI is InChI=1S/C20H22N2O4S/c1-13-7-8-17(14(2)9-13)27-12-15-5-4-6-16(10-15)19(24)26-11-18(23)22-20(25)21-3/h4-10H,11-12H2,1-3H3,(H2,21,22,23,25). The Kier molecular flexibility index (Phi) is 7.43. The molecule has 0 aliphatic rings. The number of nitrogens with one attached hydrogen (secondary N) is 2. The van der Waals surface area contributed by atoms with Crippen molar-refractivity contribution in [2.75, 3.05) is 13.7 Å². The monoisotopic (exact) mass is 386 g/mol. The average Bonchev–Trinajstić information content (AvgIpc) is 2.65. The summed E-state index contributed by atoms with van der Waals surface area (Å²) >= 11 is 1.70. The zero-order valence-electron chi connectivity index (χ0n) is 15.5. The summed E-state index contributed by atoms with van der Waals surface area (Å²) in [5.41, 5.74) is 3.78. The number of hydrogen-bond acceptors (Lipinski definition) is 5. The van der Waals surface area contributed by atoms with Crippen LogP contribution in [0.4, 0.5) is 4.79 Å². The fraction of sp³-hybridized carbons (Fsp3) is 0.250. The fourth-order valence-corrected chi connectivity index (χ4v) is 3.30. The van der Waals surface area contributed by atoms with Gasteiger partial charge in [0.1, 0.15) is 0 Å². The number of aryl methyl sites for hydroxylation is 2. The molecular weight excluding hydrogens is 364 g/mol. The lowest BCUT2D eigenvalue weighted by atomic mass is 10.1. The number of imide groups is 1. The largest absolute Gasteiger partial charge is 0.452 e. The molecule has 27 heavy (non-hydrogen) atoms. The van der Waals surface area contributed by atoms with Crippen LogP contribution in [0.2, 0.25) is 0 Å². The maximum atomic E-state index is 12.1.